The van der Waals surface area contributed by atoms with Crippen molar-refractivity contribution < 1.29 is 9.21 Å². The highest BCUT2D eigenvalue weighted by molar-refractivity contribution is 9.10. The van der Waals surface area contributed by atoms with Crippen LogP contribution in [-0.2, 0) is 13.0 Å². The fourth-order valence-electron chi connectivity index (χ4n) is 3.42. The molecule has 3 aromatic rings. The van der Waals surface area contributed by atoms with Crippen LogP contribution in [0, 0.1) is 0 Å². The molecule has 0 saturated carbocycles. The smallest absolute Gasteiger partial charge is 0.287 e. The molecule has 0 bridgehead atoms. The van der Waals surface area contributed by atoms with Gasteiger partial charge in [-0.3, -0.25) is 9.69 Å². The lowest BCUT2D eigenvalue weighted by Crippen LogP contribution is -2.40. The summed E-state index contributed by atoms with van der Waals surface area (Å²) in [7, 11) is 0. The van der Waals surface area contributed by atoms with Gasteiger partial charge in [-0.25, -0.2) is 0 Å². The summed E-state index contributed by atoms with van der Waals surface area (Å²) in [6, 6.07) is 14.3. The summed E-state index contributed by atoms with van der Waals surface area (Å²) in [4.78, 5) is 14.8. The van der Waals surface area contributed by atoms with Crippen molar-refractivity contribution in [1.29, 1.82) is 0 Å². The zero-order chi connectivity index (χ0) is 17.9. The van der Waals surface area contributed by atoms with Gasteiger partial charge in [0.15, 0.2) is 10.4 Å². The molecule has 1 aliphatic rings. The highest BCUT2D eigenvalue weighted by atomic mass is 79.9. The van der Waals surface area contributed by atoms with Gasteiger partial charge in [-0.05, 0) is 68.0 Å². The largest absolute Gasteiger partial charge is 0.444 e. The monoisotopic (exact) mass is 430 g/mol. The second-order valence-electron chi connectivity index (χ2n) is 6.38. The van der Waals surface area contributed by atoms with Gasteiger partial charge < -0.3 is 9.73 Å². The van der Waals surface area contributed by atoms with Gasteiger partial charge in [0.25, 0.3) is 5.91 Å². The second-order valence-corrected chi connectivity index (χ2v) is 7.94. The number of nitrogens with zero attached hydrogens (tertiary/aromatic N) is 1. The Morgan fingerprint density at radius 3 is 2.81 bits per heavy atom. The Bertz CT molecular complexity index is 891. The van der Waals surface area contributed by atoms with Crippen molar-refractivity contribution in [2.24, 2.45) is 0 Å². The molecule has 0 spiro atoms. The summed E-state index contributed by atoms with van der Waals surface area (Å²) >= 11 is 4.92. The van der Waals surface area contributed by atoms with E-state index < -0.39 is 0 Å². The van der Waals surface area contributed by atoms with Crippen molar-refractivity contribution >= 4 is 33.2 Å². The molecule has 0 saturated heterocycles. The minimum absolute atomic E-state index is 0.150. The lowest BCUT2D eigenvalue weighted by atomic mass is 9.97. The first-order valence-corrected chi connectivity index (χ1v) is 10.3. The standard InChI is InChI=1S/C20H19BrN2O2S/c21-19-6-5-18(25-19)20(24)22-11-17(16-8-10-26-13-16)23-9-7-14-3-1-2-4-15(14)12-23/h1-6,8,10,13,17H,7,9,11-12H2,(H,22,24). The molecule has 134 valence electrons. The Balaban J connectivity index is 1.50. The predicted octanol–water partition coefficient (Wildman–Crippen LogP) is 4.63. The number of amides is 1. The number of rotatable bonds is 5. The number of halogens is 1. The zero-order valence-corrected chi connectivity index (χ0v) is 16.6. The molecule has 6 heteroatoms. The number of hydrogen-bond donors (Lipinski definition) is 1. The van der Waals surface area contributed by atoms with Crippen LogP contribution in [0.25, 0.3) is 0 Å². The summed E-state index contributed by atoms with van der Waals surface area (Å²) in [5.41, 5.74) is 4.05. The van der Waals surface area contributed by atoms with Gasteiger partial charge in [-0.1, -0.05) is 24.3 Å². The molecule has 4 rings (SSSR count). The van der Waals surface area contributed by atoms with Gasteiger partial charge in [0, 0.05) is 19.6 Å². The molecule has 0 radical (unpaired) electrons. The third kappa shape index (κ3) is 3.77. The molecule has 3 heterocycles. The van der Waals surface area contributed by atoms with Crippen molar-refractivity contribution in [3.8, 4) is 0 Å². The van der Waals surface area contributed by atoms with Crippen LogP contribution in [0.15, 0.2) is 62.3 Å². The summed E-state index contributed by atoms with van der Waals surface area (Å²) in [5, 5.41) is 7.29. The normalized spacial score (nSPS) is 15.4. The van der Waals surface area contributed by atoms with E-state index in [-0.39, 0.29) is 11.9 Å². The fourth-order valence-corrected chi connectivity index (χ4v) is 4.43. The molecule has 2 aromatic heterocycles. The fraction of sp³-hybridized carbons (Fsp3) is 0.250. The molecular formula is C20H19BrN2O2S. The highest BCUT2D eigenvalue weighted by Gasteiger charge is 2.26. The molecule has 1 amide bonds. The van der Waals surface area contributed by atoms with E-state index in [0.717, 1.165) is 19.5 Å². The van der Waals surface area contributed by atoms with E-state index >= 15 is 0 Å². The Labute approximate surface area is 165 Å². The van der Waals surface area contributed by atoms with Gasteiger partial charge in [0.2, 0.25) is 0 Å². The third-order valence-electron chi connectivity index (χ3n) is 4.78. The molecule has 1 atom stereocenters. The molecule has 1 aromatic carbocycles. The van der Waals surface area contributed by atoms with Crippen molar-refractivity contribution in [2.75, 3.05) is 13.1 Å². The number of furan rings is 1. The predicted molar refractivity (Wildman–Crippen MR) is 106 cm³/mol. The Hall–Kier alpha value is -1.89. The average Bonchev–Trinajstić information content (AvgIpc) is 3.34. The van der Waals surface area contributed by atoms with E-state index in [1.165, 1.54) is 16.7 Å². The molecule has 0 fully saturated rings. The Morgan fingerprint density at radius 2 is 2.08 bits per heavy atom. The van der Waals surface area contributed by atoms with Gasteiger partial charge in [0.05, 0.1) is 6.04 Å². The van der Waals surface area contributed by atoms with E-state index in [0.29, 0.717) is 17.0 Å². The second kappa shape index (κ2) is 7.78. The van der Waals surface area contributed by atoms with E-state index in [1.807, 2.05) is 0 Å². The summed E-state index contributed by atoms with van der Waals surface area (Å²) < 4.78 is 5.91. The summed E-state index contributed by atoms with van der Waals surface area (Å²) in [5.74, 6) is 0.137. The number of nitrogens with one attached hydrogen (secondary N) is 1. The first-order chi connectivity index (χ1) is 12.7. The molecule has 1 unspecified atom stereocenters. The molecule has 1 N–H and O–H groups in total. The molecule has 0 aliphatic carbocycles. The SMILES string of the molecule is O=C(NCC(c1ccsc1)N1CCc2ccccc2C1)c1ccc(Br)o1. The number of benzene rings is 1. The van der Waals surface area contributed by atoms with Crippen molar-refractivity contribution in [3.05, 3.63) is 80.3 Å². The van der Waals surface area contributed by atoms with Crippen LogP contribution in [0.4, 0.5) is 0 Å². The molecule has 4 nitrogen and oxygen atoms in total. The number of hydrogen-bond acceptors (Lipinski definition) is 4. The minimum Gasteiger partial charge on any atom is -0.444 e. The number of carbonyl (C=O) groups is 1. The highest BCUT2D eigenvalue weighted by Crippen LogP contribution is 2.29. The maximum Gasteiger partial charge on any atom is 0.287 e. The molecule has 26 heavy (non-hydrogen) atoms. The number of carbonyl (C=O) groups excluding carboxylic acids is 1. The molecular weight excluding hydrogens is 412 g/mol. The summed E-state index contributed by atoms with van der Waals surface area (Å²) in [6.07, 6.45) is 1.04. The first-order valence-electron chi connectivity index (χ1n) is 8.57. The Morgan fingerprint density at radius 1 is 1.23 bits per heavy atom. The van der Waals surface area contributed by atoms with Gasteiger partial charge in [0.1, 0.15) is 0 Å². The maximum absolute atomic E-state index is 12.4. The van der Waals surface area contributed by atoms with E-state index in [9.17, 15) is 4.79 Å². The van der Waals surface area contributed by atoms with Crippen LogP contribution in [0.1, 0.15) is 33.3 Å². The summed E-state index contributed by atoms with van der Waals surface area (Å²) in [6.45, 7) is 2.44. The van der Waals surface area contributed by atoms with Crippen molar-refractivity contribution in [1.82, 2.24) is 10.2 Å². The minimum atomic E-state index is -0.187. The van der Waals surface area contributed by atoms with Gasteiger partial charge >= 0.3 is 0 Å². The average molecular weight is 431 g/mol. The molecule has 1 aliphatic heterocycles. The van der Waals surface area contributed by atoms with Crippen LogP contribution in [-0.4, -0.2) is 23.9 Å². The topological polar surface area (TPSA) is 45.5 Å². The number of thiophene rings is 1. The van der Waals surface area contributed by atoms with Crippen LogP contribution in [0.3, 0.4) is 0 Å². The zero-order valence-electron chi connectivity index (χ0n) is 14.2. The lowest BCUT2D eigenvalue weighted by molar-refractivity contribution is 0.0899. The van der Waals surface area contributed by atoms with Crippen molar-refractivity contribution in [2.45, 2.75) is 19.0 Å². The van der Waals surface area contributed by atoms with Crippen LogP contribution in [0.2, 0.25) is 0 Å². The third-order valence-corrected chi connectivity index (χ3v) is 5.91. The lowest BCUT2D eigenvalue weighted by Gasteiger charge is -2.35. The van der Waals surface area contributed by atoms with Gasteiger partial charge in [-0.2, -0.15) is 11.3 Å². The first kappa shape index (κ1) is 17.5. The van der Waals surface area contributed by atoms with Crippen LogP contribution >= 0.6 is 27.3 Å². The maximum atomic E-state index is 12.4. The van der Waals surface area contributed by atoms with Crippen LogP contribution in [0.5, 0.6) is 0 Å². The van der Waals surface area contributed by atoms with E-state index in [1.54, 1.807) is 23.5 Å². The Kier molecular flexibility index (Phi) is 5.24. The number of fused-ring (bicyclic) bond motifs is 1. The van der Waals surface area contributed by atoms with Crippen LogP contribution < -0.4 is 5.32 Å². The van der Waals surface area contributed by atoms with E-state index in [2.05, 4.69) is 67.2 Å². The quantitative estimate of drug-likeness (QED) is 0.641. The van der Waals surface area contributed by atoms with E-state index in [4.69, 9.17) is 4.42 Å². The van der Waals surface area contributed by atoms with Crippen molar-refractivity contribution in [3.63, 3.8) is 0 Å². The van der Waals surface area contributed by atoms with Gasteiger partial charge in [-0.15, -0.1) is 0 Å².